The summed E-state index contributed by atoms with van der Waals surface area (Å²) in [5.74, 6) is 0.862. The molecule has 0 radical (unpaired) electrons. The van der Waals surface area contributed by atoms with Gasteiger partial charge in [0.2, 0.25) is 5.88 Å². The lowest BCUT2D eigenvalue weighted by Gasteiger charge is -2.10. The highest BCUT2D eigenvalue weighted by molar-refractivity contribution is 5.91. The predicted octanol–water partition coefficient (Wildman–Crippen LogP) is 3.18. The van der Waals surface area contributed by atoms with E-state index in [4.69, 9.17) is 9.26 Å². The standard InChI is InChI=1S/C16H20N2O3/c1-5-13-12(4)18-21-16(13)17-15(19)9-20-14-8-6-7-10(2)11(14)3/h6-8H,5,9H2,1-4H3,(H,17,19). The van der Waals surface area contributed by atoms with Gasteiger partial charge >= 0.3 is 0 Å². The average molecular weight is 288 g/mol. The van der Waals surface area contributed by atoms with Gasteiger partial charge in [-0.05, 0) is 44.4 Å². The van der Waals surface area contributed by atoms with Crippen LogP contribution in [0.25, 0.3) is 0 Å². The lowest BCUT2D eigenvalue weighted by atomic mass is 10.1. The van der Waals surface area contributed by atoms with Gasteiger partial charge in [-0.2, -0.15) is 0 Å². The lowest BCUT2D eigenvalue weighted by Crippen LogP contribution is -2.20. The second-order valence-corrected chi connectivity index (χ2v) is 4.96. The Hall–Kier alpha value is -2.30. The van der Waals surface area contributed by atoms with Gasteiger partial charge in [0, 0.05) is 5.56 Å². The topological polar surface area (TPSA) is 64.4 Å². The Bertz CT molecular complexity index is 647. The van der Waals surface area contributed by atoms with Crippen LogP contribution in [0, 0.1) is 20.8 Å². The fourth-order valence-corrected chi connectivity index (χ4v) is 2.09. The van der Waals surface area contributed by atoms with Crippen molar-refractivity contribution < 1.29 is 14.1 Å². The number of carbonyl (C=O) groups is 1. The highest BCUT2D eigenvalue weighted by Gasteiger charge is 2.14. The molecule has 0 atom stereocenters. The molecule has 21 heavy (non-hydrogen) atoms. The Balaban J connectivity index is 1.98. The van der Waals surface area contributed by atoms with Gasteiger partial charge in [-0.3, -0.25) is 10.1 Å². The predicted molar refractivity (Wildman–Crippen MR) is 80.7 cm³/mol. The molecule has 1 heterocycles. The first-order valence-electron chi connectivity index (χ1n) is 6.97. The average Bonchev–Trinajstić information content (AvgIpc) is 2.80. The molecule has 112 valence electrons. The number of anilines is 1. The van der Waals surface area contributed by atoms with E-state index < -0.39 is 0 Å². The summed E-state index contributed by atoms with van der Waals surface area (Å²) >= 11 is 0. The van der Waals surface area contributed by atoms with E-state index in [-0.39, 0.29) is 12.5 Å². The Kier molecular flexibility index (Phi) is 4.62. The van der Waals surface area contributed by atoms with E-state index in [1.54, 1.807) is 0 Å². The molecular weight excluding hydrogens is 268 g/mol. The van der Waals surface area contributed by atoms with E-state index in [1.165, 1.54) is 0 Å². The Morgan fingerprint density at radius 1 is 1.33 bits per heavy atom. The summed E-state index contributed by atoms with van der Waals surface area (Å²) in [5.41, 5.74) is 3.88. The molecule has 1 amide bonds. The van der Waals surface area contributed by atoms with Gasteiger partial charge in [-0.1, -0.05) is 24.2 Å². The van der Waals surface area contributed by atoms with Crippen molar-refractivity contribution in [1.82, 2.24) is 5.16 Å². The monoisotopic (exact) mass is 288 g/mol. The number of aryl methyl sites for hydroxylation is 2. The van der Waals surface area contributed by atoms with Crippen LogP contribution in [0.4, 0.5) is 5.88 Å². The maximum Gasteiger partial charge on any atom is 0.264 e. The minimum Gasteiger partial charge on any atom is -0.483 e. The molecule has 0 aliphatic carbocycles. The third-order valence-electron chi connectivity index (χ3n) is 3.50. The highest BCUT2D eigenvalue weighted by Crippen LogP contribution is 2.21. The molecular formula is C16H20N2O3. The minimum atomic E-state index is -0.262. The summed E-state index contributed by atoms with van der Waals surface area (Å²) in [7, 11) is 0. The Morgan fingerprint density at radius 3 is 2.81 bits per heavy atom. The smallest absolute Gasteiger partial charge is 0.264 e. The lowest BCUT2D eigenvalue weighted by molar-refractivity contribution is -0.118. The van der Waals surface area contributed by atoms with E-state index >= 15 is 0 Å². The van der Waals surface area contributed by atoms with E-state index in [1.807, 2.05) is 45.9 Å². The summed E-state index contributed by atoms with van der Waals surface area (Å²) in [5, 5.41) is 6.55. The number of benzene rings is 1. The molecule has 0 saturated heterocycles. The summed E-state index contributed by atoms with van der Waals surface area (Å²) in [4.78, 5) is 11.9. The SMILES string of the molecule is CCc1c(C)noc1NC(=O)COc1cccc(C)c1C. The van der Waals surface area contributed by atoms with Gasteiger partial charge in [0.05, 0.1) is 5.69 Å². The molecule has 5 heteroatoms. The van der Waals surface area contributed by atoms with Crippen molar-refractivity contribution in [3.8, 4) is 5.75 Å². The van der Waals surface area contributed by atoms with Gasteiger partial charge in [0.25, 0.3) is 5.91 Å². The van der Waals surface area contributed by atoms with Crippen molar-refractivity contribution >= 4 is 11.8 Å². The molecule has 1 aromatic carbocycles. The van der Waals surface area contributed by atoms with Gasteiger partial charge in [0.15, 0.2) is 6.61 Å². The van der Waals surface area contributed by atoms with Crippen LogP contribution >= 0.6 is 0 Å². The zero-order valence-corrected chi connectivity index (χ0v) is 12.8. The Labute approximate surface area is 124 Å². The number of hydrogen-bond donors (Lipinski definition) is 1. The first-order chi connectivity index (χ1) is 10.0. The second-order valence-electron chi connectivity index (χ2n) is 4.96. The fraction of sp³-hybridized carbons (Fsp3) is 0.375. The molecule has 1 N–H and O–H groups in total. The molecule has 1 aromatic heterocycles. The van der Waals surface area contributed by atoms with Gasteiger partial charge in [-0.25, -0.2) is 0 Å². The maximum atomic E-state index is 11.9. The van der Waals surface area contributed by atoms with E-state index in [0.717, 1.165) is 34.6 Å². The van der Waals surface area contributed by atoms with E-state index in [0.29, 0.717) is 5.88 Å². The molecule has 0 bridgehead atoms. The van der Waals surface area contributed by atoms with E-state index in [2.05, 4.69) is 10.5 Å². The van der Waals surface area contributed by atoms with Crippen LogP contribution in [-0.4, -0.2) is 17.7 Å². The number of nitrogens with zero attached hydrogens (tertiary/aromatic N) is 1. The van der Waals surface area contributed by atoms with Crippen molar-refractivity contribution in [3.05, 3.63) is 40.6 Å². The molecule has 2 aromatic rings. The summed E-state index contributed by atoms with van der Waals surface area (Å²) in [6.07, 6.45) is 0.753. The number of carbonyl (C=O) groups excluding carboxylic acids is 1. The molecule has 0 fully saturated rings. The van der Waals surface area contributed by atoms with Gasteiger partial charge in [-0.15, -0.1) is 0 Å². The maximum absolute atomic E-state index is 11.9. The van der Waals surface area contributed by atoms with Crippen molar-refractivity contribution in [2.24, 2.45) is 0 Å². The molecule has 2 rings (SSSR count). The molecule has 0 unspecified atom stereocenters. The molecule has 0 aliphatic rings. The summed E-state index contributed by atoms with van der Waals surface area (Å²) < 4.78 is 10.7. The van der Waals surface area contributed by atoms with Crippen molar-refractivity contribution in [1.29, 1.82) is 0 Å². The molecule has 5 nitrogen and oxygen atoms in total. The van der Waals surface area contributed by atoms with Crippen LogP contribution in [0.2, 0.25) is 0 Å². The normalized spacial score (nSPS) is 10.5. The number of hydrogen-bond acceptors (Lipinski definition) is 4. The summed E-state index contributed by atoms with van der Waals surface area (Å²) in [6, 6.07) is 5.77. The highest BCUT2D eigenvalue weighted by atomic mass is 16.5. The second kappa shape index (κ2) is 6.43. The van der Waals surface area contributed by atoms with Crippen LogP contribution in [0.3, 0.4) is 0 Å². The summed E-state index contributed by atoms with van der Waals surface area (Å²) in [6.45, 7) is 7.75. The van der Waals surface area contributed by atoms with Crippen LogP contribution in [0.5, 0.6) is 5.75 Å². The third-order valence-corrected chi connectivity index (χ3v) is 3.50. The number of aromatic nitrogens is 1. The first kappa shape index (κ1) is 15.1. The van der Waals surface area contributed by atoms with Crippen LogP contribution in [0.1, 0.15) is 29.3 Å². The zero-order chi connectivity index (χ0) is 15.4. The number of amides is 1. The first-order valence-corrected chi connectivity index (χ1v) is 6.97. The molecule has 0 saturated carbocycles. The quantitative estimate of drug-likeness (QED) is 0.917. The third kappa shape index (κ3) is 3.42. The number of nitrogens with one attached hydrogen (secondary N) is 1. The Morgan fingerprint density at radius 2 is 2.10 bits per heavy atom. The van der Waals surface area contributed by atoms with Crippen LogP contribution in [-0.2, 0) is 11.2 Å². The van der Waals surface area contributed by atoms with Crippen LogP contribution in [0.15, 0.2) is 22.7 Å². The van der Waals surface area contributed by atoms with Crippen LogP contribution < -0.4 is 10.1 Å². The fourth-order valence-electron chi connectivity index (χ4n) is 2.09. The number of ether oxygens (including phenoxy) is 1. The van der Waals surface area contributed by atoms with E-state index in [9.17, 15) is 4.79 Å². The largest absolute Gasteiger partial charge is 0.483 e. The minimum absolute atomic E-state index is 0.0623. The van der Waals surface area contributed by atoms with Crippen molar-refractivity contribution in [2.45, 2.75) is 34.1 Å². The molecule has 0 aliphatic heterocycles. The van der Waals surface area contributed by atoms with Gasteiger partial charge < -0.3 is 9.26 Å². The van der Waals surface area contributed by atoms with Gasteiger partial charge in [0.1, 0.15) is 5.75 Å². The number of rotatable bonds is 5. The molecule has 0 spiro atoms. The van der Waals surface area contributed by atoms with Crippen molar-refractivity contribution in [2.75, 3.05) is 11.9 Å². The zero-order valence-electron chi connectivity index (χ0n) is 12.8. The van der Waals surface area contributed by atoms with Crippen molar-refractivity contribution in [3.63, 3.8) is 0 Å².